The minimum absolute atomic E-state index is 0.0795. The predicted octanol–water partition coefficient (Wildman–Crippen LogP) is 3.31. The van der Waals surface area contributed by atoms with E-state index in [0.717, 1.165) is 12.3 Å². The number of amides is 1. The van der Waals surface area contributed by atoms with E-state index < -0.39 is 17.5 Å². The molecule has 0 aliphatic heterocycles. The molecule has 0 saturated carbocycles. The van der Waals surface area contributed by atoms with E-state index in [4.69, 9.17) is 23.2 Å². The largest absolute Gasteiger partial charge is 0.317 e. The summed E-state index contributed by atoms with van der Waals surface area (Å²) in [5.41, 5.74) is -0.408. The van der Waals surface area contributed by atoms with Gasteiger partial charge in [-0.25, -0.2) is 18.7 Å². The van der Waals surface area contributed by atoms with Crippen LogP contribution in [0.2, 0.25) is 10.2 Å². The SMILES string of the molecule is O=C(Nc1c(F)cc(F)cc1Cl)c1cnc(Cl)cn1. The molecule has 0 atom stereocenters. The van der Waals surface area contributed by atoms with E-state index in [-0.39, 0.29) is 21.6 Å². The van der Waals surface area contributed by atoms with E-state index >= 15 is 0 Å². The average molecular weight is 304 g/mol. The molecule has 1 heterocycles. The Morgan fingerprint density at radius 3 is 2.47 bits per heavy atom. The summed E-state index contributed by atoms with van der Waals surface area (Å²) >= 11 is 11.2. The van der Waals surface area contributed by atoms with Gasteiger partial charge >= 0.3 is 0 Å². The number of rotatable bonds is 2. The maximum atomic E-state index is 13.5. The van der Waals surface area contributed by atoms with E-state index in [9.17, 15) is 13.6 Å². The second kappa shape index (κ2) is 5.46. The molecule has 0 aliphatic rings. The van der Waals surface area contributed by atoms with Crippen LogP contribution in [0.15, 0.2) is 24.5 Å². The number of hydrogen-bond donors (Lipinski definition) is 1. The summed E-state index contributed by atoms with van der Waals surface area (Å²) in [7, 11) is 0. The molecule has 1 amide bonds. The molecule has 1 N–H and O–H groups in total. The van der Waals surface area contributed by atoms with Crippen molar-refractivity contribution in [3.05, 3.63) is 52.0 Å². The summed E-state index contributed by atoms with van der Waals surface area (Å²) < 4.78 is 26.3. The smallest absolute Gasteiger partial charge is 0.275 e. The van der Waals surface area contributed by atoms with Gasteiger partial charge in [-0.05, 0) is 6.07 Å². The first-order valence-corrected chi connectivity index (χ1v) is 5.66. The van der Waals surface area contributed by atoms with Crippen molar-refractivity contribution in [3.8, 4) is 0 Å². The predicted molar refractivity (Wildman–Crippen MR) is 66.4 cm³/mol. The zero-order chi connectivity index (χ0) is 14.0. The van der Waals surface area contributed by atoms with Gasteiger partial charge in [-0.2, -0.15) is 0 Å². The van der Waals surface area contributed by atoms with Crippen molar-refractivity contribution in [1.29, 1.82) is 0 Å². The molecule has 19 heavy (non-hydrogen) atoms. The number of carbonyl (C=O) groups is 1. The number of nitrogens with zero attached hydrogens (tertiary/aromatic N) is 2. The van der Waals surface area contributed by atoms with Crippen LogP contribution in [0.3, 0.4) is 0 Å². The van der Waals surface area contributed by atoms with Gasteiger partial charge < -0.3 is 5.32 Å². The van der Waals surface area contributed by atoms with Crippen LogP contribution in [0.5, 0.6) is 0 Å². The van der Waals surface area contributed by atoms with Crippen LogP contribution in [-0.2, 0) is 0 Å². The highest BCUT2D eigenvalue weighted by Crippen LogP contribution is 2.26. The van der Waals surface area contributed by atoms with Crippen LogP contribution in [-0.4, -0.2) is 15.9 Å². The Bertz CT molecular complexity index is 611. The highest BCUT2D eigenvalue weighted by molar-refractivity contribution is 6.34. The van der Waals surface area contributed by atoms with E-state index in [1.165, 1.54) is 6.20 Å². The molecular weight excluding hydrogens is 299 g/mol. The molecule has 0 aliphatic carbocycles. The number of nitrogens with one attached hydrogen (secondary N) is 1. The van der Waals surface area contributed by atoms with Crippen molar-refractivity contribution in [2.24, 2.45) is 0 Å². The lowest BCUT2D eigenvalue weighted by Crippen LogP contribution is -2.15. The molecule has 0 fully saturated rings. The molecule has 1 aromatic heterocycles. The number of aromatic nitrogens is 2. The summed E-state index contributed by atoms with van der Waals surface area (Å²) in [4.78, 5) is 19.1. The first-order chi connectivity index (χ1) is 8.97. The van der Waals surface area contributed by atoms with Gasteiger partial charge in [-0.1, -0.05) is 23.2 Å². The second-order valence-corrected chi connectivity index (χ2v) is 4.22. The van der Waals surface area contributed by atoms with Crippen molar-refractivity contribution < 1.29 is 13.6 Å². The molecule has 2 aromatic rings. The zero-order valence-corrected chi connectivity index (χ0v) is 10.6. The molecule has 8 heteroatoms. The monoisotopic (exact) mass is 303 g/mol. The van der Waals surface area contributed by atoms with Crippen LogP contribution in [0, 0.1) is 11.6 Å². The molecule has 0 radical (unpaired) electrons. The summed E-state index contributed by atoms with van der Waals surface area (Å²) in [6.45, 7) is 0. The third-order valence-corrected chi connectivity index (χ3v) is 2.59. The third-order valence-electron chi connectivity index (χ3n) is 2.10. The van der Waals surface area contributed by atoms with Gasteiger partial charge in [0.25, 0.3) is 5.91 Å². The maximum absolute atomic E-state index is 13.5. The van der Waals surface area contributed by atoms with Gasteiger partial charge in [0.05, 0.1) is 23.1 Å². The minimum atomic E-state index is -0.986. The lowest BCUT2D eigenvalue weighted by molar-refractivity contribution is 0.102. The summed E-state index contributed by atoms with van der Waals surface area (Å²) in [6, 6.07) is 1.49. The van der Waals surface area contributed by atoms with Crippen molar-refractivity contribution in [2.45, 2.75) is 0 Å². The molecule has 4 nitrogen and oxygen atoms in total. The fourth-order valence-corrected chi connectivity index (χ4v) is 1.61. The van der Waals surface area contributed by atoms with Gasteiger partial charge in [0.1, 0.15) is 16.7 Å². The first kappa shape index (κ1) is 13.6. The Kier molecular flexibility index (Phi) is 3.92. The number of benzene rings is 1. The fraction of sp³-hybridized carbons (Fsp3) is 0. The standard InChI is InChI=1S/C11H5Cl2F2N3O/c12-6-1-5(14)2-7(15)10(6)18-11(19)8-3-17-9(13)4-16-8/h1-4H,(H,18,19). The normalized spacial score (nSPS) is 10.3. The summed E-state index contributed by atoms with van der Waals surface area (Å²) in [5.74, 6) is -2.57. The van der Waals surface area contributed by atoms with Gasteiger partial charge in [-0.15, -0.1) is 0 Å². The van der Waals surface area contributed by atoms with E-state index in [0.29, 0.717) is 6.07 Å². The molecule has 0 saturated heterocycles. The Hall–Kier alpha value is -1.79. The highest BCUT2D eigenvalue weighted by Gasteiger charge is 2.15. The molecule has 0 bridgehead atoms. The van der Waals surface area contributed by atoms with Crippen molar-refractivity contribution in [2.75, 3.05) is 5.32 Å². The second-order valence-electron chi connectivity index (χ2n) is 3.42. The highest BCUT2D eigenvalue weighted by atomic mass is 35.5. The van der Waals surface area contributed by atoms with Crippen LogP contribution < -0.4 is 5.32 Å². The average Bonchev–Trinajstić information content (AvgIpc) is 2.34. The van der Waals surface area contributed by atoms with Gasteiger partial charge in [0.15, 0.2) is 5.82 Å². The van der Waals surface area contributed by atoms with Crippen LogP contribution in [0.4, 0.5) is 14.5 Å². The molecule has 98 valence electrons. The van der Waals surface area contributed by atoms with Gasteiger partial charge in [-0.3, -0.25) is 4.79 Å². The quantitative estimate of drug-likeness (QED) is 0.926. The van der Waals surface area contributed by atoms with Crippen LogP contribution in [0.25, 0.3) is 0 Å². The van der Waals surface area contributed by atoms with Crippen LogP contribution in [0.1, 0.15) is 10.5 Å². The Balaban J connectivity index is 2.26. The molecule has 1 aromatic carbocycles. The van der Waals surface area contributed by atoms with E-state index in [2.05, 4.69) is 15.3 Å². The Labute approximate surface area is 116 Å². The number of carbonyl (C=O) groups excluding carboxylic acids is 1. The molecular formula is C11H5Cl2F2N3O. The first-order valence-electron chi connectivity index (χ1n) is 4.91. The van der Waals surface area contributed by atoms with Gasteiger partial charge in [0.2, 0.25) is 0 Å². The van der Waals surface area contributed by atoms with Gasteiger partial charge in [0, 0.05) is 6.07 Å². The van der Waals surface area contributed by atoms with Crippen molar-refractivity contribution in [1.82, 2.24) is 9.97 Å². The lowest BCUT2D eigenvalue weighted by atomic mass is 10.3. The Morgan fingerprint density at radius 1 is 1.16 bits per heavy atom. The van der Waals surface area contributed by atoms with E-state index in [1.807, 2.05) is 0 Å². The summed E-state index contributed by atoms with van der Waals surface area (Å²) in [5, 5.41) is 2.04. The summed E-state index contributed by atoms with van der Waals surface area (Å²) in [6.07, 6.45) is 2.28. The number of hydrogen-bond acceptors (Lipinski definition) is 3. The van der Waals surface area contributed by atoms with E-state index in [1.54, 1.807) is 0 Å². The Morgan fingerprint density at radius 2 is 1.89 bits per heavy atom. The molecule has 0 unspecified atom stereocenters. The minimum Gasteiger partial charge on any atom is -0.317 e. The lowest BCUT2D eigenvalue weighted by Gasteiger charge is -2.08. The van der Waals surface area contributed by atoms with Crippen molar-refractivity contribution >= 4 is 34.8 Å². The molecule has 2 rings (SSSR count). The zero-order valence-electron chi connectivity index (χ0n) is 9.12. The number of anilines is 1. The topological polar surface area (TPSA) is 54.9 Å². The van der Waals surface area contributed by atoms with Crippen molar-refractivity contribution in [3.63, 3.8) is 0 Å². The molecule has 0 spiro atoms. The fourth-order valence-electron chi connectivity index (χ4n) is 1.27. The number of halogens is 4. The maximum Gasteiger partial charge on any atom is 0.275 e. The third kappa shape index (κ3) is 3.15. The van der Waals surface area contributed by atoms with Crippen LogP contribution >= 0.6 is 23.2 Å².